The first-order chi connectivity index (χ1) is 11.4. The molecule has 1 aliphatic rings. The van der Waals surface area contributed by atoms with Gasteiger partial charge < -0.3 is 16.0 Å². The molecule has 0 heterocycles. The van der Waals surface area contributed by atoms with Gasteiger partial charge in [0, 0.05) is 36.2 Å². The molecule has 1 saturated carbocycles. The summed E-state index contributed by atoms with van der Waals surface area (Å²) in [7, 11) is 0. The standard InChI is InChI=1S/C18H25N3O3/c1-11(2)17(23)21-14-6-4-5-13(10-14)20-16(22)7-8-19-18(24)15-9-12(15)3/h4-6,10-12,15H,7-9H2,1-3H3,(H,19,24)(H,20,22)(H,21,23). The lowest BCUT2D eigenvalue weighted by atomic mass is 10.2. The van der Waals surface area contributed by atoms with Crippen LogP contribution in [0.2, 0.25) is 0 Å². The van der Waals surface area contributed by atoms with E-state index in [-0.39, 0.29) is 36.0 Å². The van der Waals surface area contributed by atoms with Crippen molar-refractivity contribution in [2.45, 2.75) is 33.6 Å². The molecular weight excluding hydrogens is 306 g/mol. The first kappa shape index (κ1) is 18.0. The number of amides is 3. The Bertz CT molecular complexity index is 628. The monoisotopic (exact) mass is 331 g/mol. The predicted octanol–water partition coefficient (Wildman–Crippen LogP) is 2.38. The molecule has 0 radical (unpaired) electrons. The molecule has 0 aliphatic heterocycles. The smallest absolute Gasteiger partial charge is 0.226 e. The molecule has 0 aromatic heterocycles. The molecule has 24 heavy (non-hydrogen) atoms. The molecule has 1 fully saturated rings. The van der Waals surface area contributed by atoms with Crippen LogP contribution in [0.3, 0.4) is 0 Å². The van der Waals surface area contributed by atoms with Gasteiger partial charge in [0.05, 0.1) is 0 Å². The van der Waals surface area contributed by atoms with Crippen molar-refractivity contribution in [1.29, 1.82) is 0 Å². The maximum atomic E-state index is 11.9. The third kappa shape index (κ3) is 5.37. The van der Waals surface area contributed by atoms with Crippen molar-refractivity contribution in [3.05, 3.63) is 24.3 Å². The summed E-state index contributed by atoms with van der Waals surface area (Å²) in [5.41, 5.74) is 1.26. The highest BCUT2D eigenvalue weighted by Crippen LogP contribution is 2.37. The number of anilines is 2. The van der Waals surface area contributed by atoms with E-state index < -0.39 is 0 Å². The molecule has 130 valence electrons. The van der Waals surface area contributed by atoms with Crippen molar-refractivity contribution in [3.63, 3.8) is 0 Å². The van der Waals surface area contributed by atoms with Crippen LogP contribution in [0, 0.1) is 17.8 Å². The van der Waals surface area contributed by atoms with Gasteiger partial charge >= 0.3 is 0 Å². The first-order valence-corrected chi connectivity index (χ1v) is 8.35. The molecular formula is C18H25N3O3. The van der Waals surface area contributed by atoms with Crippen LogP contribution in [0.4, 0.5) is 11.4 Å². The molecule has 6 nitrogen and oxygen atoms in total. The second-order valence-corrected chi connectivity index (χ2v) is 6.63. The average molecular weight is 331 g/mol. The minimum absolute atomic E-state index is 0.0358. The lowest BCUT2D eigenvalue weighted by molar-refractivity contribution is -0.122. The van der Waals surface area contributed by atoms with Crippen LogP contribution in [0.15, 0.2) is 24.3 Å². The minimum atomic E-state index is -0.175. The summed E-state index contributed by atoms with van der Waals surface area (Å²) in [6, 6.07) is 7.00. The second kappa shape index (κ2) is 7.95. The summed E-state index contributed by atoms with van der Waals surface area (Å²) in [4.78, 5) is 35.3. The van der Waals surface area contributed by atoms with Crippen molar-refractivity contribution < 1.29 is 14.4 Å². The van der Waals surface area contributed by atoms with E-state index in [1.165, 1.54) is 0 Å². The molecule has 0 saturated heterocycles. The summed E-state index contributed by atoms with van der Waals surface area (Å²) in [5.74, 6) is 0.258. The van der Waals surface area contributed by atoms with Crippen LogP contribution in [-0.2, 0) is 14.4 Å². The number of hydrogen-bond donors (Lipinski definition) is 3. The number of benzene rings is 1. The van der Waals surface area contributed by atoms with Crippen LogP contribution in [-0.4, -0.2) is 24.3 Å². The van der Waals surface area contributed by atoms with Gasteiger partial charge in [-0.3, -0.25) is 14.4 Å². The second-order valence-electron chi connectivity index (χ2n) is 6.63. The van der Waals surface area contributed by atoms with Crippen LogP contribution in [0.1, 0.15) is 33.6 Å². The maximum absolute atomic E-state index is 11.9. The van der Waals surface area contributed by atoms with E-state index in [4.69, 9.17) is 0 Å². The third-order valence-electron chi connectivity index (χ3n) is 4.04. The van der Waals surface area contributed by atoms with Crippen molar-refractivity contribution in [1.82, 2.24) is 5.32 Å². The van der Waals surface area contributed by atoms with Gasteiger partial charge in [-0.25, -0.2) is 0 Å². The van der Waals surface area contributed by atoms with E-state index in [0.29, 0.717) is 23.8 Å². The molecule has 2 rings (SSSR count). The van der Waals surface area contributed by atoms with E-state index in [0.717, 1.165) is 6.42 Å². The van der Waals surface area contributed by atoms with E-state index in [9.17, 15) is 14.4 Å². The number of nitrogens with one attached hydrogen (secondary N) is 3. The number of hydrogen-bond acceptors (Lipinski definition) is 3. The molecule has 1 aliphatic carbocycles. The molecule has 0 bridgehead atoms. The molecule has 2 atom stereocenters. The van der Waals surface area contributed by atoms with Gasteiger partial charge in [0.2, 0.25) is 17.7 Å². The fraction of sp³-hybridized carbons (Fsp3) is 0.500. The van der Waals surface area contributed by atoms with Gasteiger partial charge in [0.1, 0.15) is 0 Å². The van der Waals surface area contributed by atoms with Crippen LogP contribution < -0.4 is 16.0 Å². The summed E-state index contributed by atoms with van der Waals surface area (Å²) in [6.45, 7) is 6.01. The lowest BCUT2D eigenvalue weighted by Gasteiger charge is -2.10. The lowest BCUT2D eigenvalue weighted by Crippen LogP contribution is -2.29. The van der Waals surface area contributed by atoms with E-state index in [1.807, 2.05) is 20.8 Å². The van der Waals surface area contributed by atoms with Gasteiger partial charge in [0.15, 0.2) is 0 Å². The topological polar surface area (TPSA) is 87.3 Å². The Hall–Kier alpha value is -2.37. The zero-order valence-electron chi connectivity index (χ0n) is 14.4. The SMILES string of the molecule is CC(C)C(=O)Nc1cccc(NC(=O)CCNC(=O)C2CC2C)c1. The molecule has 6 heteroatoms. The Labute approximate surface area is 142 Å². The Morgan fingerprint density at radius 2 is 1.79 bits per heavy atom. The Kier molecular flexibility index (Phi) is 5.95. The van der Waals surface area contributed by atoms with Gasteiger partial charge in [0.25, 0.3) is 0 Å². The van der Waals surface area contributed by atoms with E-state index in [2.05, 4.69) is 16.0 Å². The zero-order chi connectivity index (χ0) is 17.7. The third-order valence-corrected chi connectivity index (χ3v) is 4.04. The van der Waals surface area contributed by atoms with Crippen LogP contribution in [0.5, 0.6) is 0 Å². The average Bonchev–Trinajstić information content (AvgIpc) is 3.24. The summed E-state index contributed by atoms with van der Waals surface area (Å²) < 4.78 is 0. The number of carbonyl (C=O) groups is 3. The van der Waals surface area contributed by atoms with Gasteiger partial charge in [-0.1, -0.05) is 26.8 Å². The Morgan fingerprint density at radius 1 is 1.17 bits per heavy atom. The van der Waals surface area contributed by atoms with Crippen molar-refractivity contribution in [2.75, 3.05) is 17.2 Å². The Morgan fingerprint density at radius 3 is 2.38 bits per heavy atom. The Balaban J connectivity index is 1.76. The summed E-state index contributed by atoms with van der Waals surface area (Å²) in [5, 5.41) is 8.34. The first-order valence-electron chi connectivity index (χ1n) is 8.35. The van der Waals surface area contributed by atoms with Crippen molar-refractivity contribution in [3.8, 4) is 0 Å². The van der Waals surface area contributed by atoms with Crippen molar-refractivity contribution in [2.24, 2.45) is 17.8 Å². The molecule has 2 unspecified atom stereocenters. The molecule has 3 N–H and O–H groups in total. The van der Waals surface area contributed by atoms with Crippen molar-refractivity contribution >= 4 is 29.1 Å². The summed E-state index contributed by atoms with van der Waals surface area (Å²) in [6.07, 6.45) is 1.16. The van der Waals surface area contributed by atoms with Gasteiger partial charge in [-0.2, -0.15) is 0 Å². The molecule has 0 spiro atoms. The minimum Gasteiger partial charge on any atom is -0.355 e. The highest BCUT2D eigenvalue weighted by Gasteiger charge is 2.38. The normalized spacial score (nSPS) is 18.8. The van der Waals surface area contributed by atoms with Crippen LogP contribution >= 0.6 is 0 Å². The number of rotatable bonds is 7. The molecule has 3 amide bonds. The zero-order valence-corrected chi connectivity index (χ0v) is 14.4. The highest BCUT2D eigenvalue weighted by molar-refractivity contribution is 5.95. The van der Waals surface area contributed by atoms with E-state index >= 15 is 0 Å². The van der Waals surface area contributed by atoms with E-state index in [1.54, 1.807) is 24.3 Å². The maximum Gasteiger partial charge on any atom is 0.226 e. The highest BCUT2D eigenvalue weighted by atomic mass is 16.2. The van der Waals surface area contributed by atoms with Gasteiger partial charge in [-0.05, 0) is 30.5 Å². The fourth-order valence-electron chi connectivity index (χ4n) is 2.30. The van der Waals surface area contributed by atoms with Gasteiger partial charge in [-0.15, -0.1) is 0 Å². The molecule has 1 aromatic carbocycles. The predicted molar refractivity (Wildman–Crippen MR) is 93.4 cm³/mol. The number of carbonyl (C=O) groups excluding carboxylic acids is 3. The quantitative estimate of drug-likeness (QED) is 0.717. The largest absolute Gasteiger partial charge is 0.355 e. The summed E-state index contributed by atoms with van der Waals surface area (Å²) >= 11 is 0. The fourth-order valence-corrected chi connectivity index (χ4v) is 2.30. The van der Waals surface area contributed by atoms with Crippen LogP contribution in [0.25, 0.3) is 0 Å². The molecule has 1 aromatic rings.